The van der Waals surface area contributed by atoms with E-state index in [0.29, 0.717) is 18.7 Å². The topological polar surface area (TPSA) is 54.1 Å². The Hall–Kier alpha value is -1.29. The van der Waals surface area contributed by atoms with Crippen LogP contribution in [0.15, 0.2) is 18.5 Å². The minimum absolute atomic E-state index is 0.0441. The fourth-order valence-corrected chi connectivity index (χ4v) is 0.986. The van der Waals surface area contributed by atoms with E-state index in [1.807, 2.05) is 0 Å². The number of nitrogens with one attached hydrogen (secondary N) is 2. The van der Waals surface area contributed by atoms with Crippen LogP contribution in [0.3, 0.4) is 0 Å². The molecule has 0 saturated carbocycles. The van der Waals surface area contributed by atoms with Gasteiger partial charge in [0.25, 0.3) is 5.91 Å². The number of amides is 1. The van der Waals surface area contributed by atoms with Crippen molar-refractivity contribution < 1.29 is 9.53 Å². The van der Waals surface area contributed by atoms with Gasteiger partial charge in [0, 0.05) is 32.7 Å². The maximum Gasteiger partial charge on any atom is 0.252 e. The molecule has 1 aromatic rings. The van der Waals surface area contributed by atoms with Crippen LogP contribution in [0.1, 0.15) is 16.8 Å². The zero-order valence-corrected chi connectivity index (χ0v) is 7.67. The largest absolute Gasteiger partial charge is 0.385 e. The van der Waals surface area contributed by atoms with Crippen molar-refractivity contribution in [2.75, 3.05) is 20.3 Å². The van der Waals surface area contributed by atoms with E-state index in [2.05, 4.69) is 10.3 Å². The SMILES string of the molecule is COCCCNC(=O)c1cc[nH]c1. The van der Waals surface area contributed by atoms with Crippen LogP contribution >= 0.6 is 0 Å². The number of hydrogen-bond acceptors (Lipinski definition) is 2. The van der Waals surface area contributed by atoms with E-state index in [4.69, 9.17) is 4.74 Å². The molecule has 2 N–H and O–H groups in total. The average Bonchev–Trinajstić information content (AvgIpc) is 2.65. The van der Waals surface area contributed by atoms with Gasteiger partial charge in [-0.15, -0.1) is 0 Å². The number of rotatable bonds is 5. The molecule has 4 heteroatoms. The molecule has 1 rings (SSSR count). The van der Waals surface area contributed by atoms with E-state index in [-0.39, 0.29) is 5.91 Å². The second-order valence-electron chi connectivity index (χ2n) is 2.70. The van der Waals surface area contributed by atoms with Crippen molar-refractivity contribution in [2.45, 2.75) is 6.42 Å². The second kappa shape index (κ2) is 5.37. The first kappa shape index (κ1) is 9.80. The van der Waals surface area contributed by atoms with Gasteiger partial charge in [-0.3, -0.25) is 4.79 Å². The zero-order chi connectivity index (χ0) is 9.52. The molecule has 0 radical (unpaired) electrons. The van der Waals surface area contributed by atoms with Crippen molar-refractivity contribution >= 4 is 5.91 Å². The Morgan fingerprint density at radius 3 is 3.15 bits per heavy atom. The van der Waals surface area contributed by atoms with Gasteiger partial charge in [0.1, 0.15) is 0 Å². The summed E-state index contributed by atoms with van der Waals surface area (Å²) < 4.78 is 4.86. The van der Waals surface area contributed by atoms with Gasteiger partial charge < -0.3 is 15.0 Å². The van der Waals surface area contributed by atoms with Gasteiger partial charge in [-0.05, 0) is 12.5 Å². The van der Waals surface area contributed by atoms with Crippen LogP contribution in [-0.4, -0.2) is 31.2 Å². The minimum atomic E-state index is -0.0441. The van der Waals surface area contributed by atoms with Gasteiger partial charge in [-0.25, -0.2) is 0 Å². The average molecular weight is 182 g/mol. The van der Waals surface area contributed by atoms with Crippen molar-refractivity contribution in [3.8, 4) is 0 Å². The van der Waals surface area contributed by atoms with Gasteiger partial charge in [-0.1, -0.05) is 0 Å². The Morgan fingerprint density at radius 2 is 2.54 bits per heavy atom. The maximum absolute atomic E-state index is 11.3. The Balaban J connectivity index is 2.19. The Bertz CT molecular complexity index is 244. The first-order valence-corrected chi connectivity index (χ1v) is 4.24. The summed E-state index contributed by atoms with van der Waals surface area (Å²) in [6.07, 6.45) is 4.24. The van der Waals surface area contributed by atoms with Gasteiger partial charge >= 0.3 is 0 Å². The summed E-state index contributed by atoms with van der Waals surface area (Å²) in [5.41, 5.74) is 0.664. The van der Waals surface area contributed by atoms with Crippen LogP contribution < -0.4 is 5.32 Å². The third-order valence-corrected chi connectivity index (χ3v) is 1.67. The van der Waals surface area contributed by atoms with Gasteiger partial charge in [0.2, 0.25) is 0 Å². The van der Waals surface area contributed by atoms with Crippen LogP contribution in [0.2, 0.25) is 0 Å². The summed E-state index contributed by atoms with van der Waals surface area (Å²) in [7, 11) is 1.65. The van der Waals surface area contributed by atoms with E-state index in [0.717, 1.165) is 6.42 Å². The number of carbonyl (C=O) groups excluding carboxylic acids is 1. The normalized spacial score (nSPS) is 9.92. The molecule has 0 unspecified atom stereocenters. The molecule has 0 aliphatic carbocycles. The second-order valence-corrected chi connectivity index (χ2v) is 2.70. The standard InChI is InChI=1S/C9H14N2O2/c1-13-6-2-4-11-9(12)8-3-5-10-7-8/h3,5,7,10H,2,4,6H2,1H3,(H,11,12). The Kier molecular flexibility index (Phi) is 4.05. The molecule has 72 valence electrons. The van der Waals surface area contributed by atoms with Crippen molar-refractivity contribution in [1.29, 1.82) is 0 Å². The number of methoxy groups -OCH3 is 1. The molecule has 1 amide bonds. The third-order valence-electron chi connectivity index (χ3n) is 1.67. The van der Waals surface area contributed by atoms with Crippen molar-refractivity contribution in [3.63, 3.8) is 0 Å². The highest BCUT2D eigenvalue weighted by Crippen LogP contribution is 1.95. The van der Waals surface area contributed by atoms with E-state index < -0.39 is 0 Å². The number of aromatic amines is 1. The van der Waals surface area contributed by atoms with E-state index in [1.165, 1.54) is 0 Å². The lowest BCUT2D eigenvalue weighted by Gasteiger charge is -2.02. The lowest BCUT2D eigenvalue weighted by Crippen LogP contribution is -2.24. The molecule has 1 aromatic heterocycles. The van der Waals surface area contributed by atoms with Gasteiger partial charge in [0.05, 0.1) is 5.56 Å². The molecule has 4 nitrogen and oxygen atoms in total. The van der Waals surface area contributed by atoms with Crippen molar-refractivity contribution in [2.24, 2.45) is 0 Å². The summed E-state index contributed by atoms with van der Waals surface area (Å²) in [4.78, 5) is 14.1. The molecule has 0 saturated heterocycles. The summed E-state index contributed by atoms with van der Waals surface area (Å²) in [6.45, 7) is 1.32. The fraction of sp³-hybridized carbons (Fsp3) is 0.444. The predicted molar refractivity (Wildman–Crippen MR) is 49.6 cm³/mol. The summed E-state index contributed by atoms with van der Waals surface area (Å²) >= 11 is 0. The van der Waals surface area contributed by atoms with Crippen molar-refractivity contribution in [3.05, 3.63) is 24.0 Å². The molecule has 1 heterocycles. The lowest BCUT2D eigenvalue weighted by atomic mass is 10.3. The molecule has 0 atom stereocenters. The maximum atomic E-state index is 11.3. The van der Waals surface area contributed by atoms with Crippen LogP contribution in [0, 0.1) is 0 Å². The molecule has 0 bridgehead atoms. The van der Waals surface area contributed by atoms with Crippen LogP contribution in [-0.2, 0) is 4.74 Å². The highest BCUT2D eigenvalue weighted by molar-refractivity contribution is 5.93. The number of ether oxygens (including phenoxy) is 1. The fourth-order valence-electron chi connectivity index (χ4n) is 0.986. The zero-order valence-electron chi connectivity index (χ0n) is 7.67. The first-order valence-electron chi connectivity index (χ1n) is 4.24. The minimum Gasteiger partial charge on any atom is -0.385 e. The summed E-state index contributed by atoms with van der Waals surface area (Å²) in [5.74, 6) is -0.0441. The van der Waals surface area contributed by atoms with Gasteiger partial charge in [0.15, 0.2) is 0 Å². The van der Waals surface area contributed by atoms with E-state index in [1.54, 1.807) is 25.6 Å². The molecule has 0 aromatic carbocycles. The molecule has 0 aliphatic heterocycles. The monoisotopic (exact) mass is 182 g/mol. The van der Waals surface area contributed by atoms with E-state index in [9.17, 15) is 4.79 Å². The molecule has 0 fully saturated rings. The lowest BCUT2D eigenvalue weighted by molar-refractivity contribution is 0.0949. The Morgan fingerprint density at radius 1 is 1.69 bits per heavy atom. The highest BCUT2D eigenvalue weighted by Gasteiger charge is 2.02. The molecule has 0 aliphatic rings. The first-order chi connectivity index (χ1) is 6.34. The van der Waals surface area contributed by atoms with Gasteiger partial charge in [-0.2, -0.15) is 0 Å². The molecular formula is C9H14N2O2. The van der Waals surface area contributed by atoms with Crippen LogP contribution in [0.4, 0.5) is 0 Å². The molecular weight excluding hydrogens is 168 g/mol. The van der Waals surface area contributed by atoms with Crippen LogP contribution in [0.25, 0.3) is 0 Å². The van der Waals surface area contributed by atoms with E-state index >= 15 is 0 Å². The quantitative estimate of drug-likeness (QED) is 0.661. The van der Waals surface area contributed by atoms with Crippen LogP contribution in [0.5, 0.6) is 0 Å². The summed E-state index contributed by atoms with van der Waals surface area (Å²) in [6, 6.07) is 1.74. The number of hydrogen-bond donors (Lipinski definition) is 2. The predicted octanol–water partition coefficient (Wildman–Crippen LogP) is 0.781. The smallest absolute Gasteiger partial charge is 0.252 e. The van der Waals surface area contributed by atoms with Crippen molar-refractivity contribution in [1.82, 2.24) is 10.3 Å². The Labute approximate surface area is 77.3 Å². The molecule has 0 spiro atoms. The highest BCUT2D eigenvalue weighted by atomic mass is 16.5. The number of carbonyl (C=O) groups is 1. The number of aromatic nitrogens is 1. The number of H-pyrrole nitrogens is 1. The summed E-state index contributed by atoms with van der Waals surface area (Å²) in [5, 5.41) is 2.78. The third kappa shape index (κ3) is 3.29. The molecule has 13 heavy (non-hydrogen) atoms.